The Hall–Kier alpha value is -5.08. The van der Waals surface area contributed by atoms with Crippen LogP contribution in [0.1, 0.15) is 96.8 Å². The number of benzene rings is 3. The highest BCUT2D eigenvalue weighted by atomic mass is 35.5. The highest BCUT2D eigenvalue weighted by molar-refractivity contribution is 7.81. The quantitative estimate of drug-likeness (QED) is 0.0812. The van der Waals surface area contributed by atoms with Crippen molar-refractivity contribution in [2.45, 2.75) is 104 Å². The summed E-state index contributed by atoms with van der Waals surface area (Å²) in [6.07, 6.45) is -1.15. The number of nitriles is 1. The summed E-state index contributed by atoms with van der Waals surface area (Å²) in [5.41, 5.74) is -2.03. The number of carbonyl (C=O) groups is 4. The second-order valence-electron chi connectivity index (χ2n) is 18.4. The van der Waals surface area contributed by atoms with Crippen LogP contribution in [0.4, 0.5) is 24.5 Å². The number of likely N-dealkylation sites (tertiary alicyclic amines) is 1. The number of carbonyl (C=O) groups excluding carboxylic acids is 4. The Balaban J connectivity index is 0.962. The average Bonchev–Trinajstić information content (AvgIpc) is 3.74. The molecule has 0 unspecified atom stereocenters. The van der Waals surface area contributed by atoms with E-state index in [1.807, 2.05) is 39.8 Å². The van der Waals surface area contributed by atoms with Crippen LogP contribution in [0.2, 0.25) is 5.02 Å². The number of halogens is 4. The summed E-state index contributed by atoms with van der Waals surface area (Å²) in [5, 5.41) is 12.8. The molecule has 356 valence electrons. The number of amides is 3. The van der Waals surface area contributed by atoms with E-state index in [0.29, 0.717) is 68.8 Å². The lowest BCUT2D eigenvalue weighted by molar-refractivity contribution is -0.146. The van der Waals surface area contributed by atoms with Gasteiger partial charge in [0.15, 0.2) is 10.9 Å². The first-order valence-electron chi connectivity index (χ1n) is 22.2. The van der Waals surface area contributed by atoms with E-state index in [4.69, 9.17) is 38.0 Å². The number of hydrogen-bond donors (Lipinski definition) is 1. The molecule has 3 amide bonds. The van der Waals surface area contributed by atoms with Gasteiger partial charge in [-0.3, -0.25) is 24.1 Å². The molecule has 0 aromatic heterocycles. The fourth-order valence-corrected chi connectivity index (χ4v) is 8.72. The fraction of sp³-hybridized carbons (Fsp3) is 0.510. The van der Waals surface area contributed by atoms with Crippen LogP contribution in [0.5, 0.6) is 5.75 Å². The molecule has 2 aliphatic rings. The van der Waals surface area contributed by atoms with Gasteiger partial charge < -0.3 is 29.3 Å². The Bertz CT molecular complexity index is 2250. The van der Waals surface area contributed by atoms with Gasteiger partial charge in [-0.1, -0.05) is 51.4 Å². The minimum atomic E-state index is -4.79. The van der Waals surface area contributed by atoms with Crippen LogP contribution < -0.4 is 19.9 Å². The van der Waals surface area contributed by atoms with Crippen LogP contribution in [0.15, 0.2) is 66.7 Å². The molecule has 12 nitrogen and oxygen atoms in total. The Morgan fingerprint density at radius 1 is 0.924 bits per heavy atom. The third-order valence-electron chi connectivity index (χ3n) is 11.7. The van der Waals surface area contributed by atoms with Crippen molar-refractivity contribution < 1.29 is 46.6 Å². The number of Topliss-reactive ketones (excluding diaryl/α,β-unsaturated/α-hetero) is 1. The minimum Gasteiger partial charge on any atom is -0.494 e. The van der Waals surface area contributed by atoms with E-state index >= 15 is 0 Å². The van der Waals surface area contributed by atoms with Gasteiger partial charge in [-0.25, -0.2) is 0 Å². The van der Waals surface area contributed by atoms with Crippen molar-refractivity contribution in [3.05, 3.63) is 88.4 Å². The summed E-state index contributed by atoms with van der Waals surface area (Å²) in [4.78, 5) is 58.1. The number of thiocarbonyl (C=S) groups is 1. The monoisotopic (exact) mass is 953 g/mol. The maximum Gasteiger partial charge on any atom is 0.417 e. The smallest absolute Gasteiger partial charge is 0.417 e. The average molecular weight is 955 g/mol. The Labute approximate surface area is 395 Å². The number of anilines is 2. The third-order valence-corrected chi connectivity index (χ3v) is 12.4. The molecule has 5 rings (SSSR count). The number of alkyl halides is 3. The molecule has 0 saturated carbocycles. The molecule has 1 N–H and O–H groups in total. The molecule has 2 aliphatic heterocycles. The first kappa shape index (κ1) is 51.9. The number of hydrogen-bond acceptors (Lipinski definition) is 9. The molecule has 3 atom stereocenters. The van der Waals surface area contributed by atoms with E-state index in [1.54, 1.807) is 66.1 Å². The van der Waals surface area contributed by atoms with Crippen molar-refractivity contribution in [2.24, 2.45) is 17.3 Å². The standard InChI is InChI=1S/C49H59ClF3N5O7S/c1-32-25-42(43(60)55-29-33-11-14-35(50)15-12-33)56(30-32)44(61)41(47(2,3)4)27-38(59)31-64-23-10-22-63-21-8-7-9-24-65-39-19-17-36(18-20-39)58-46(66)57(45(62)48(58,5)6)37-16-13-34(28-54)40(26-37)49(51,52)53/h11-20,26,32,41-42H,7-10,21-25,27,29-31H2,1-6H3,(H,55,60)/t32-,41-,42+/m1/s1. The van der Waals surface area contributed by atoms with Crippen LogP contribution in [-0.2, 0) is 41.4 Å². The number of ketones is 1. The summed E-state index contributed by atoms with van der Waals surface area (Å²) in [6.45, 7) is 13.6. The maximum absolute atomic E-state index is 14.0. The van der Waals surface area contributed by atoms with Crippen molar-refractivity contribution >= 4 is 63.8 Å². The van der Waals surface area contributed by atoms with Gasteiger partial charge in [0.05, 0.1) is 29.5 Å². The van der Waals surface area contributed by atoms with Crippen LogP contribution in [0.25, 0.3) is 0 Å². The molecule has 2 heterocycles. The van der Waals surface area contributed by atoms with Gasteiger partial charge in [0.1, 0.15) is 23.9 Å². The van der Waals surface area contributed by atoms with Crippen molar-refractivity contribution in [1.29, 1.82) is 5.26 Å². The van der Waals surface area contributed by atoms with Crippen LogP contribution >= 0.6 is 23.8 Å². The molecule has 0 spiro atoms. The zero-order valence-corrected chi connectivity index (χ0v) is 39.9. The minimum absolute atomic E-state index is 0.00854. The van der Waals surface area contributed by atoms with Gasteiger partial charge in [-0.15, -0.1) is 0 Å². The first-order valence-corrected chi connectivity index (χ1v) is 22.9. The fourth-order valence-electron chi connectivity index (χ4n) is 8.07. The van der Waals surface area contributed by atoms with E-state index < -0.39 is 46.1 Å². The zero-order chi connectivity index (χ0) is 48.4. The normalized spacial score (nSPS) is 17.8. The van der Waals surface area contributed by atoms with Crippen molar-refractivity contribution in [3.63, 3.8) is 0 Å². The molecule has 3 aromatic rings. The maximum atomic E-state index is 14.0. The predicted molar refractivity (Wildman–Crippen MR) is 250 cm³/mol. The molecule has 2 saturated heterocycles. The first-order chi connectivity index (χ1) is 31.1. The highest BCUT2D eigenvalue weighted by Gasteiger charge is 2.51. The number of ether oxygens (including phenoxy) is 3. The van der Waals surface area contributed by atoms with Crippen molar-refractivity contribution in [1.82, 2.24) is 10.2 Å². The van der Waals surface area contributed by atoms with Gasteiger partial charge in [-0.2, -0.15) is 18.4 Å². The van der Waals surface area contributed by atoms with Crippen molar-refractivity contribution in [3.8, 4) is 11.8 Å². The predicted octanol–water partition coefficient (Wildman–Crippen LogP) is 9.29. The van der Waals surface area contributed by atoms with Crippen LogP contribution in [-0.4, -0.2) is 84.7 Å². The number of rotatable bonds is 21. The van der Waals surface area contributed by atoms with Gasteiger partial charge in [0.25, 0.3) is 5.91 Å². The van der Waals surface area contributed by atoms with Gasteiger partial charge >= 0.3 is 6.18 Å². The van der Waals surface area contributed by atoms with E-state index in [0.717, 1.165) is 41.9 Å². The summed E-state index contributed by atoms with van der Waals surface area (Å²) in [5.74, 6) is -0.952. The molecule has 0 aliphatic carbocycles. The van der Waals surface area contributed by atoms with Crippen LogP contribution in [0.3, 0.4) is 0 Å². The lowest BCUT2D eigenvalue weighted by Crippen LogP contribution is -2.50. The van der Waals surface area contributed by atoms with E-state index in [-0.39, 0.29) is 47.3 Å². The topological polar surface area (TPSA) is 142 Å². The summed E-state index contributed by atoms with van der Waals surface area (Å²) in [6, 6.07) is 18.2. The lowest BCUT2D eigenvalue weighted by Gasteiger charge is -2.34. The number of nitrogens with one attached hydrogen (secondary N) is 1. The Morgan fingerprint density at radius 3 is 2.21 bits per heavy atom. The number of unbranched alkanes of at least 4 members (excludes halogenated alkanes) is 2. The van der Waals surface area contributed by atoms with Gasteiger partial charge in [0, 0.05) is 56.0 Å². The molecule has 17 heteroatoms. The molecule has 0 bridgehead atoms. The van der Waals surface area contributed by atoms with Gasteiger partial charge in [-0.05, 0) is 130 Å². The van der Waals surface area contributed by atoms with Crippen molar-refractivity contribution in [2.75, 3.05) is 49.4 Å². The van der Waals surface area contributed by atoms with Gasteiger partial charge in [0.2, 0.25) is 11.8 Å². The van der Waals surface area contributed by atoms with E-state index in [1.165, 1.54) is 6.07 Å². The summed E-state index contributed by atoms with van der Waals surface area (Å²) >= 11 is 11.6. The third kappa shape index (κ3) is 13.3. The second-order valence-corrected chi connectivity index (χ2v) is 19.2. The molecular weight excluding hydrogens is 895 g/mol. The van der Waals surface area contributed by atoms with E-state index in [2.05, 4.69) is 5.32 Å². The van der Waals surface area contributed by atoms with Crippen LogP contribution in [0, 0.1) is 28.6 Å². The van der Waals surface area contributed by atoms with E-state index in [9.17, 15) is 37.6 Å². The highest BCUT2D eigenvalue weighted by Crippen LogP contribution is 2.40. The largest absolute Gasteiger partial charge is 0.494 e. The number of nitrogens with zero attached hydrogens (tertiary/aromatic N) is 4. The molecule has 0 radical (unpaired) electrons. The molecule has 66 heavy (non-hydrogen) atoms. The summed E-state index contributed by atoms with van der Waals surface area (Å²) in [7, 11) is 0. The Kier molecular flexibility index (Phi) is 17.8. The molecular formula is C49H59ClF3N5O7S. The molecule has 2 fully saturated rings. The SMILES string of the molecule is C[C@@H]1C[C@@H](C(=O)NCc2ccc(Cl)cc2)N(C(=O)[C@@H](CC(=O)COCCCOCCCCCOc2ccc(N3C(=S)N(c4ccc(C#N)c(C(F)(F)F)c4)C(=O)C3(C)C)cc2)C(C)(C)C)C1. The summed E-state index contributed by atoms with van der Waals surface area (Å²) < 4.78 is 58.4. The Morgan fingerprint density at radius 2 is 1.56 bits per heavy atom. The zero-order valence-electron chi connectivity index (χ0n) is 38.3. The second kappa shape index (κ2) is 22.6. The lowest BCUT2D eigenvalue weighted by atomic mass is 9.77. The molecule has 3 aromatic carbocycles.